The topological polar surface area (TPSA) is 95.8 Å². The molecule has 1 aliphatic heterocycles. The van der Waals surface area contributed by atoms with Crippen LogP contribution in [-0.2, 0) is 0 Å². The zero-order valence-corrected chi connectivity index (χ0v) is 17.9. The molecule has 0 unspecified atom stereocenters. The number of likely N-dealkylation sites (N-methyl/N-ethyl adjacent to an activating group) is 1. The predicted molar refractivity (Wildman–Crippen MR) is 121 cm³/mol. The molecule has 10 heteroatoms. The molecule has 1 aliphatic rings. The molecule has 2 aromatic heterocycles. The Morgan fingerprint density at radius 1 is 1.33 bits per heavy atom. The first-order valence-electron chi connectivity index (χ1n) is 9.09. The lowest BCUT2D eigenvalue weighted by Gasteiger charge is -2.12. The van der Waals surface area contributed by atoms with Crippen LogP contribution in [-0.4, -0.2) is 58.4 Å². The van der Waals surface area contributed by atoms with Crippen molar-refractivity contribution in [2.24, 2.45) is 4.99 Å². The lowest BCUT2D eigenvalue weighted by molar-refractivity contribution is 0.261. The molecular formula is C20H19ClN6O2S. The van der Waals surface area contributed by atoms with Gasteiger partial charge in [-0.1, -0.05) is 22.9 Å². The highest BCUT2D eigenvalue weighted by molar-refractivity contribution is 7.16. The highest BCUT2D eigenvalue weighted by Gasteiger charge is 2.16. The maximum absolute atomic E-state index is 10.3. The van der Waals surface area contributed by atoms with Gasteiger partial charge in [0.2, 0.25) is 5.88 Å². The second-order valence-corrected chi connectivity index (χ2v) is 8.18. The number of halogens is 1. The van der Waals surface area contributed by atoms with Crippen LogP contribution in [0.2, 0.25) is 5.02 Å². The third kappa shape index (κ3) is 4.59. The molecule has 0 saturated heterocycles. The summed E-state index contributed by atoms with van der Waals surface area (Å²) in [5.41, 5.74) is 2.30. The fourth-order valence-electron chi connectivity index (χ4n) is 2.71. The van der Waals surface area contributed by atoms with Crippen LogP contribution in [0.1, 0.15) is 10.4 Å². The first kappa shape index (κ1) is 20.3. The monoisotopic (exact) mass is 442 g/mol. The van der Waals surface area contributed by atoms with Gasteiger partial charge < -0.3 is 20.1 Å². The second-order valence-electron chi connectivity index (χ2n) is 6.74. The minimum atomic E-state index is -0.0755. The Labute approximate surface area is 182 Å². The summed E-state index contributed by atoms with van der Waals surface area (Å²) in [4.78, 5) is 19.2. The van der Waals surface area contributed by atoms with Gasteiger partial charge in [-0.3, -0.25) is 0 Å². The summed E-state index contributed by atoms with van der Waals surface area (Å²) in [5, 5.41) is 14.4. The van der Waals surface area contributed by atoms with Gasteiger partial charge >= 0.3 is 0 Å². The Bertz CT molecular complexity index is 1130. The number of aromatic nitrogens is 3. The van der Waals surface area contributed by atoms with E-state index in [1.54, 1.807) is 24.6 Å². The summed E-state index contributed by atoms with van der Waals surface area (Å²) in [7, 11) is 3.98. The number of nitrogens with zero attached hydrogens (tertiary/aromatic N) is 5. The number of fused-ring (bicyclic) bond motifs is 1. The Morgan fingerprint density at radius 2 is 2.20 bits per heavy atom. The van der Waals surface area contributed by atoms with Crippen molar-refractivity contribution in [2.75, 3.05) is 32.6 Å². The van der Waals surface area contributed by atoms with Crippen molar-refractivity contribution < 1.29 is 9.84 Å². The van der Waals surface area contributed by atoms with E-state index in [2.05, 4.69) is 25.3 Å². The zero-order valence-electron chi connectivity index (χ0n) is 16.3. The molecule has 0 atom stereocenters. The van der Waals surface area contributed by atoms with Gasteiger partial charge in [-0.2, -0.15) is 4.98 Å². The maximum Gasteiger partial charge on any atom is 0.231 e. The van der Waals surface area contributed by atoms with Crippen LogP contribution < -0.4 is 10.1 Å². The molecule has 0 saturated carbocycles. The molecule has 1 aromatic carbocycles. The molecule has 4 rings (SSSR count). The van der Waals surface area contributed by atoms with Crippen LogP contribution in [0.25, 0.3) is 11.6 Å². The second kappa shape index (κ2) is 8.78. The van der Waals surface area contributed by atoms with Gasteiger partial charge in [0.25, 0.3) is 0 Å². The molecule has 0 spiro atoms. The third-order valence-corrected chi connectivity index (χ3v) is 5.46. The Hall–Kier alpha value is -3.01. The van der Waals surface area contributed by atoms with Crippen molar-refractivity contribution in [1.29, 1.82) is 0 Å². The van der Waals surface area contributed by atoms with Gasteiger partial charge in [0.15, 0.2) is 10.9 Å². The van der Waals surface area contributed by atoms with E-state index in [0.717, 1.165) is 17.7 Å². The number of anilines is 2. The van der Waals surface area contributed by atoms with Gasteiger partial charge in [-0.25, -0.2) is 15.0 Å². The summed E-state index contributed by atoms with van der Waals surface area (Å²) in [5.74, 6) is 1.23. The van der Waals surface area contributed by atoms with Crippen molar-refractivity contribution in [3.8, 4) is 11.6 Å². The molecule has 0 fully saturated rings. The minimum absolute atomic E-state index is 0.0755. The van der Waals surface area contributed by atoms with Crippen LogP contribution in [0.3, 0.4) is 0 Å². The Balaban J connectivity index is 1.48. The van der Waals surface area contributed by atoms with E-state index >= 15 is 0 Å². The number of rotatable bonds is 7. The maximum atomic E-state index is 10.3. The quantitative estimate of drug-likeness (QED) is 0.565. The van der Waals surface area contributed by atoms with Crippen molar-refractivity contribution >= 4 is 57.4 Å². The third-order valence-electron chi connectivity index (χ3n) is 4.24. The molecule has 154 valence electrons. The number of thiazole rings is 1. The molecule has 8 nitrogen and oxygen atoms in total. The molecule has 0 radical (unpaired) electrons. The lowest BCUT2D eigenvalue weighted by Crippen LogP contribution is -2.19. The highest BCUT2D eigenvalue weighted by atomic mass is 35.5. The molecule has 0 bridgehead atoms. The first-order valence-corrected chi connectivity index (χ1v) is 10.3. The van der Waals surface area contributed by atoms with E-state index in [1.807, 2.05) is 31.1 Å². The number of nitrogens with one attached hydrogen (secondary N) is 1. The number of allylic oxidation sites excluding steroid dienone is 1. The fourth-order valence-corrected chi connectivity index (χ4v) is 3.75. The van der Waals surface area contributed by atoms with Gasteiger partial charge in [0.1, 0.15) is 18.7 Å². The molecule has 2 N–H and O–H groups in total. The SMILES string of the molecule is CN(C)CCOc1ccc(Nc2nc(O)c(C=C3C=Nc4ncncc43)s2)c(Cl)c1. The van der Waals surface area contributed by atoms with Crippen molar-refractivity contribution in [2.45, 2.75) is 0 Å². The fraction of sp³-hybridized carbons (Fsp3) is 0.200. The number of hydrogen-bond donors (Lipinski definition) is 2. The Morgan fingerprint density at radius 3 is 3.00 bits per heavy atom. The number of benzene rings is 1. The van der Waals surface area contributed by atoms with Crippen LogP contribution in [0.5, 0.6) is 11.6 Å². The molecule has 30 heavy (non-hydrogen) atoms. The molecule has 3 heterocycles. The van der Waals surface area contributed by atoms with E-state index in [9.17, 15) is 5.11 Å². The van der Waals surface area contributed by atoms with Crippen LogP contribution in [0, 0.1) is 0 Å². The van der Waals surface area contributed by atoms with Crippen molar-refractivity contribution in [1.82, 2.24) is 19.9 Å². The van der Waals surface area contributed by atoms with E-state index in [0.29, 0.717) is 38.9 Å². The first-order chi connectivity index (χ1) is 14.5. The normalized spacial score (nSPS) is 13.8. The molecular weight excluding hydrogens is 424 g/mol. The van der Waals surface area contributed by atoms with E-state index in [-0.39, 0.29) is 5.88 Å². The number of ether oxygens (including phenoxy) is 1. The van der Waals surface area contributed by atoms with E-state index in [4.69, 9.17) is 16.3 Å². The van der Waals surface area contributed by atoms with Crippen molar-refractivity contribution in [3.05, 3.63) is 46.2 Å². The predicted octanol–water partition coefficient (Wildman–Crippen LogP) is 4.23. The minimum Gasteiger partial charge on any atom is -0.492 e. The average molecular weight is 443 g/mol. The Kier molecular flexibility index (Phi) is 5.93. The molecule has 0 aliphatic carbocycles. The molecule has 3 aromatic rings. The highest BCUT2D eigenvalue weighted by Crippen LogP contribution is 2.37. The number of aliphatic imine (C=N–C) groups is 1. The summed E-state index contributed by atoms with van der Waals surface area (Å²) in [6.07, 6.45) is 6.64. The van der Waals surface area contributed by atoms with Gasteiger partial charge in [-0.05, 0) is 32.3 Å². The van der Waals surface area contributed by atoms with E-state index in [1.165, 1.54) is 17.7 Å². The summed E-state index contributed by atoms with van der Waals surface area (Å²) in [6, 6.07) is 5.41. The molecule has 0 amide bonds. The van der Waals surface area contributed by atoms with Crippen molar-refractivity contribution in [3.63, 3.8) is 0 Å². The van der Waals surface area contributed by atoms with Crippen LogP contribution in [0.15, 0.2) is 35.7 Å². The number of aromatic hydroxyl groups is 1. The van der Waals surface area contributed by atoms with Gasteiger partial charge in [0, 0.05) is 36.2 Å². The summed E-state index contributed by atoms with van der Waals surface area (Å²) < 4.78 is 5.69. The van der Waals surface area contributed by atoms with E-state index < -0.39 is 0 Å². The standard InChI is InChI=1S/C20H19ClN6O2S/c1-27(2)5-6-29-13-3-4-16(15(21)8-13)25-20-26-19(28)17(30-20)7-12-9-23-18-14(12)10-22-11-24-18/h3-4,7-11,28H,5-6H2,1-2H3,(H,25,26). The lowest BCUT2D eigenvalue weighted by atomic mass is 10.1. The largest absolute Gasteiger partial charge is 0.492 e. The average Bonchev–Trinajstić information content (AvgIpc) is 3.27. The zero-order chi connectivity index (χ0) is 21.1. The number of hydrogen-bond acceptors (Lipinski definition) is 9. The summed E-state index contributed by atoms with van der Waals surface area (Å²) in [6.45, 7) is 1.39. The van der Waals surface area contributed by atoms with Crippen LogP contribution >= 0.6 is 22.9 Å². The smallest absolute Gasteiger partial charge is 0.231 e. The summed E-state index contributed by atoms with van der Waals surface area (Å²) >= 11 is 7.68. The van der Waals surface area contributed by atoms with Gasteiger partial charge in [0.05, 0.1) is 15.6 Å². The van der Waals surface area contributed by atoms with Crippen LogP contribution in [0.4, 0.5) is 16.6 Å². The van der Waals surface area contributed by atoms with Gasteiger partial charge in [-0.15, -0.1) is 0 Å².